The Hall–Kier alpha value is -2.34. The number of rotatable bonds is 5. The Morgan fingerprint density at radius 3 is 2.40 bits per heavy atom. The second-order valence-corrected chi connectivity index (χ2v) is 6.81. The lowest BCUT2D eigenvalue weighted by molar-refractivity contribution is -0.122. The van der Waals surface area contributed by atoms with Gasteiger partial charge in [0.05, 0.1) is 23.6 Å². The van der Waals surface area contributed by atoms with Crippen molar-refractivity contribution in [1.82, 2.24) is 20.4 Å². The lowest BCUT2D eigenvalue weighted by Crippen LogP contribution is -2.49. The molecule has 1 fully saturated rings. The van der Waals surface area contributed by atoms with Gasteiger partial charge in [-0.25, -0.2) is 0 Å². The highest BCUT2D eigenvalue weighted by atomic mass is 16.2. The Kier molecular flexibility index (Phi) is 5.38. The molecular formula is C19H27N5O. The number of piperazine rings is 1. The van der Waals surface area contributed by atoms with Crippen molar-refractivity contribution in [1.29, 1.82) is 0 Å². The molecule has 2 heterocycles. The molecule has 25 heavy (non-hydrogen) atoms. The Morgan fingerprint density at radius 2 is 1.80 bits per heavy atom. The molecule has 0 spiro atoms. The largest absolute Gasteiger partial charge is 0.366 e. The first kappa shape index (κ1) is 17.5. The maximum atomic E-state index is 12.2. The van der Waals surface area contributed by atoms with Gasteiger partial charge in [0.25, 0.3) is 0 Å². The maximum Gasteiger partial charge on any atom is 0.234 e. The van der Waals surface area contributed by atoms with Crippen LogP contribution in [0.2, 0.25) is 0 Å². The molecule has 0 saturated carbocycles. The van der Waals surface area contributed by atoms with Crippen LogP contribution in [0, 0.1) is 20.8 Å². The number of hydrogen-bond acceptors (Lipinski definition) is 4. The highest BCUT2D eigenvalue weighted by Crippen LogP contribution is 2.23. The summed E-state index contributed by atoms with van der Waals surface area (Å²) in [6.45, 7) is 10.8. The predicted molar refractivity (Wildman–Crippen MR) is 99.7 cm³/mol. The van der Waals surface area contributed by atoms with Crippen molar-refractivity contribution in [2.45, 2.75) is 27.3 Å². The molecule has 0 aliphatic carbocycles. The van der Waals surface area contributed by atoms with Gasteiger partial charge in [0.15, 0.2) is 0 Å². The van der Waals surface area contributed by atoms with E-state index >= 15 is 0 Å². The average molecular weight is 341 g/mol. The van der Waals surface area contributed by atoms with Gasteiger partial charge >= 0.3 is 0 Å². The molecule has 1 aliphatic rings. The summed E-state index contributed by atoms with van der Waals surface area (Å²) in [4.78, 5) is 16.8. The normalized spacial score (nSPS) is 15.4. The van der Waals surface area contributed by atoms with Crippen LogP contribution in [-0.4, -0.2) is 53.7 Å². The fourth-order valence-electron chi connectivity index (χ4n) is 3.31. The van der Waals surface area contributed by atoms with Gasteiger partial charge in [-0.2, -0.15) is 5.10 Å². The molecule has 2 N–H and O–H groups in total. The molecule has 0 atom stereocenters. The number of carbonyl (C=O) groups excluding carboxylic acids is 1. The number of amides is 1. The third-order valence-electron chi connectivity index (χ3n) is 4.76. The summed E-state index contributed by atoms with van der Waals surface area (Å²) in [5.74, 6) is 0.0877. The molecular weight excluding hydrogens is 314 g/mol. The molecule has 1 aliphatic heterocycles. The highest BCUT2D eigenvalue weighted by Gasteiger charge is 2.22. The van der Waals surface area contributed by atoms with Gasteiger partial charge in [-0.1, -0.05) is 29.8 Å². The number of H-pyrrole nitrogens is 1. The van der Waals surface area contributed by atoms with Gasteiger partial charge in [-0.05, 0) is 26.3 Å². The van der Waals surface area contributed by atoms with Gasteiger partial charge < -0.3 is 10.2 Å². The number of hydrogen-bond donors (Lipinski definition) is 2. The topological polar surface area (TPSA) is 64.3 Å². The van der Waals surface area contributed by atoms with Gasteiger partial charge in [-0.15, -0.1) is 0 Å². The second kappa shape index (κ2) is 7.70. The standard InChI is InChI=1S/C19H27N5O/c1-14-4-6-17(7-5-14)12-20-18(25)13-23-8-10-24(11-9-23)19-15(2)21-22-16(19)3/h4-7H,8-13H2,1-3H3,(H,20,25)(H,21,22). The van der Waals surface area contributed by atoms with Crippen LogP contribution in [-0.2, 0) is 11.3 Å². The average Bonchev–Trinajstić information content (AvgIpc) is 2.94. The van der Waals surface area contributed by atoms with E-state index in [2.05, 4.69) is 63.4 Å². The SMILES string of the molecule is Cc1ccc(CNC(=O)CN2CCN(c3c(C)n[nH]c3C)CC2)cc1. The summed E-state index contributed by atoms with van der Waals surface area (Å²) in [7, 11) is 0. The van der Waals surface area contributed by atoms with E-state index in [9.17, 15) is 4.79 Å². The van der Waals surface area contributed by atoms with E-state index in [-0.39, 0.29) is 5.91 Å². The number of aromatic nitrogens is 2. The maximum absolute atomic E-state index is 12.2. The van der Waals surface area contributed by atoms with Crippen LogP contribution >= 0.6 is 0 Å². The van der Waals surface area contributed by atoms with Crippen molar-refractivity contribution >= 4 is 11.6 Å². The van der Waals surface area contributed by atoms with E-state index in [0.29, 0.717) is 13.1 Å². The van der Waals surface area contributed by atoms with Crippen LogP contribution in [0.15, 0.2) is 24.3 Å². The van der Waals surface area contributed by atoms with Crippen molar-refractivity contribution in [3.8, 4) is 0 Å². The summed E-state index contributed by atoms with van der Waals surface area (Å²) in [6.07, 6.45) is 0. The van der Waals surface area contributed by atoms with Crippen molar-refractivity contribution in [2.24, 2.45) is 0 Å². The number of aryl methyl sites for hydroxylation is 3. The minimum Gasteiger partial charge on any atom is -0.366 e. The smallest absolute Gasteiger partial charge is 0.234 e. The summed E-state index contributed by atoms with van der Waals surface area (Å²) in [5, 5.41) is 10.3. The fourth-order valence-corrected chi connectivity index (χ4v) is 3.31. The first-order valence-electron chi connectivity index (χ1n) is 8.84. The van der Waals surface area contributed by atoms with E-state index in [1.807, 2.05) is 6.92 Å². The Morgan fingerprint density at radius 1 is 1.12 bits per heavy atom. The van der Waals surface area contributed by atoms with E-state index in [0.717, 1.165) is 43.1 Å². The van der Waals surface area contributed by atoms with Gasteiger partial charge in [0.2, 0.25) is 5.91 Å². The van der Waals surface area contributed by atoms with Crippen LogP contribution in [0.5, 0.6) is 0 Å². The molecule has 0 bridgehead atoms. The van der Waals surface area contributed by atoms with Gasteiger partial charge in [0.1, 0.15) is 0 Å². The van der Waals surface area contributed by atoms with E-state index in [4.69, 9.17) is 0 Å². The molecule has 2 aromatic rings. The summed E-state index contributed by atoms with van der Waals surface area (Å²) in [5.41, 5.74) is 5.73. The zero-order chi connectivity index (χ0) is 17.8. The van der Waals surface area contributed by atoms with Crippen molar-refractivity contribution in [3.05, 3.63) is 46.8 Å². The molecule has 1 aromatic heterocycles. The highest BCUT2D eigenvalue weighted by molar-refractivity contribution is 5.78. The second-order valence-electron chi connectivity index (χ2n) is 6.81. The quantitative estimate of drug-likeness (QED) is 0.870. The summed E-state index contributed by atoms with van der Waals surface area (Å²) < 4.78 is 0. The molecule has 0 radical (unpaired) electrons. The molecule has 1 amide bonds. The van der Waals surface area contributed by atoms with Crippen LogP contribution in [0.4, 0.5) is 5.69 Å². The fraction of sp³-hybridized carbons (Fsp3) is 0.474. The number of carbonyl (C=O) groups is 1. The molecule has 134 valence electrons. The van der Waals surface area contributed by atoms with Crippen LogP contribution in [0.3, 0.4) is 0 Å². The van der Waals surface area contributed by atoms with Crippen LogP contribution < -0.4 is 10.2 Å². The Balaban J connectivity index is 1.44. The molecule has 1 aromatic carbocycles. The zero-order valence-corrected chi connectivity index (χ0v) is 15.3. The predicted octanol–water partition coefficient (Wildman–Crippen LogP) is 1.77. The molecule has 3 rings (SSSR count). The minimum atomic E-state index is 0.0877. The lowest BCUT2D eigenvalue weighted by atomic mass is 10.1. The first-order valence-corrected chi connectivity index (χ1v) is 8.84. The van der Waals surface area contributed by atoms with Gasteiger partial charge in [0, 0.05) is 32.7 Å². The van der Waals surface area contributed by atoms with Crippen molar-refractivity contribution in [3.63, 3.8) is 0 Å². The first-order chi connectivity index (χ1) is 12.0. The number of benzene rings is 1. The Labute approximate surface area is 149 Å². The number of aromatic amines is 1. The van der Waals surface area contributed by atoms with Crippen molar-refractivity contribution < 1.29 is 4.79 Å². The number of nitrogens with zero attached hydrogens (tertiary/aromatic N) is 3. The lowest BCUT2D eigenvalue weighted by Gasteiger charge is -2.35. The molecule has 6 nitrogen and oxygen atoms in total. The Bertz CT molecular complexity index is 694. The van der Waals surface area contributed by atoms with Crippen molar-refractivity contribution in [2.75, 3.05) is 37.6 Å². The third-order valence-corrected chi connectivity index (χ3v) is 4.76. The zero-order valence-electron chi connectivity index (χ0n) is 15.3. The monoisotopic (exact) mass is 341 g/mol. The summed E-state index contributed by atoms with van der Waals surface area (Å²) >= 11 is 0. The van der Waals surface area contributed by atoms with Crippen LogP contribution in [0.25, 0.3) is 0 Å². The number of anilines is 1. The van der Waals surface area contributed by atoms with E-state index < -0.39 is 0 Å². The molecule has 0 unspecified atom stereocenters. The molecule has 6 heteroatoms. The van der Waals surface area contributed by atoms with Gasteiger partial charge in [-0.3, -0.25) is 14.8 Å². The number of nitrogens with one attached hydrogen (secondary N) is 2. The third kappa shape index (κ3) is 4.39. The van der Waals surface area contributed by atoms with E-state index in [1.54, 1.807) is 0 Å². The van der Waals surface area contributed by atoms with E-state index in [1.165, 1.54) is 11.3 Å². The van der Waals surface area contributed by atoms with Crippen LogP contribution in [0.1, 0.15) is 22.5 Å². The minimum absolute atomic E-state index is 0.0877. The molecule has 1 saturated heterocycles. The summed E-state index contributed by atoms with van der Waals surface area (Å²) in [6, 6.07) is 8.26.